The van der Waals surface area contributed by atoms with Crippen molar-refractivity contribution in [3.63, 3.8) is 0 Å². The third-order valence-corrected chi connectivity index (χ3v) is 2.79. The Balaban J connectivity index is 2.36. The van der Waals surface area contributed by atoms with E-state index in [1.165, 1.54) is 0 Å². The van der Waals surface area contributed by atoms with E-state index in [4.69, 9.17) is 5.73 Å². The highest BCUT2D eigenvalue weighted by atomic mass is 16.2. The zero-order chi connectivity index (χ0) is 13.1. The first-order chi connectivity index (χ1) is 7.78. The molecule has 0 aromatic carbocycles. The van der Waals surface area contributed by atoms with Gasteiger partial charge in [0.1, 0.15) is 0 Å². The number of amides is 2. The largest absolute Gasteiger partial charge is 0.369 e. The molecule has 0 aromatic heterocycles. The van der Waals surface area contributed by atoms with E-state index in [0.29, 0.717) is 26.1 Å². The van der Waals surface area contributed by atoms with Gasteiger partial charge in [0, 0.05) is 32.6 Å². The first-order valence-electron chi connectivity index (χ1n) is 6.06. The fourth-order valence-corrected chi connectivity index (χ4v) is 1.94. The number of nitrogens with zero attached hydrogens (tertiary/aromatic N) is 2. The molecule has 17 heavy (non-hydrogen) atoms. The van der Waals surface area contributed by atoms with Crippen molar-refractivity contribution in [3.8, 4) is 0 Å². The highest BCUT2D eigenvalue weighted by Gasteiger charge is 2.25. The van der Waals surface area contributed by atoms with Crippen molar-refractivity contribution in [1.29, 1.82) is 0 Å². The lowest BCUT2D eigenvalue weighted by atomic mass is 9.91. The summed E-state index contributed by atoms with van der Waals surface area (Å²) in [5.41, 5.74) is 5.17. The van der Waals surface area contributed by atoms with Crippen molar-refractivity contribution in [2.75, 3.05) is 32.7 Å². The molecule has 2 N–H and O–H groups in total. The summed E-state index contributed by atoms with van der Waals surface area (Å²) in [7, 11) is 0. The number of rotatable bonds is 3. The Labute approximate surface area is 103 Å². The van der Waals surface area contributed by atoms with Gasteiger partial charge in [-0.2, -0.15) is 0 Å². The highest BCUT2D eigenvalue weighted by molar-refractivity contribution is 5.77. The van der Waals surface area contributed by atoms with Crippen LogP contribution in [0.5, 0.6) is 0 Å². The van der Waals surface area contributed by atoms with Gasteiger partial charge < -0.3 is 10.6 Å². The monoisotopic (exact) mass is 241 g/mol. The van der Waals surface area contributed by atoms with Gasteiger partial charge in [-0.15, -0.1) is 0 Å². The van der Waals surface area contributed by atoms with Crippen molar-refractivity contribution in [2.24, 2.45) is 11.1 Å². The van der Waals surface area contributed by atoms with Crippen LogP contribution >= 0.6 is 0 Å². The number of hydrogen-bond donors (Lipinski definition) is 1. The molecule has 1 rings (SSSR count). The van der Waals surface area contributed by atoms with Crippen molar-refractivity contribution >= 4 is 11.8 Å². The quantitative estimate of drug-likeness (QED) is 0.759. The van der Waals surface area contributed by atoms with Gasteiger partial charge in [0.05, 0.1) is 6.54 Å². The maximum Gasteiger partial charge on any atom is 0.231 e. The minimum absolute atomic E-state index is 0.0292. The Morgan fingerprint density at radius 3 is 2.06 bits per heavy atom. The molecule has 1 fully saturated rings. The number of nitrogens with two attached hydrogens (primary N) is 1. The van der Waals surface area contributed by atoms with E-state index in [2.05, 4.69) is 20.8 Å². The summed E-state index contributed by atoms with van der Waals surface area (Å²) in [6, 6.07) is 0. The summed E-state index contributed by atoms with van der Waals surface area (Å²) >= 11 is 0. The minimum Gasteiger partial charge on any atom is -0.369 e. The van der Waals surface area contributed by atoms with E-state index in [1.54, 1.807) is 0 Å². The summed E-state index contributed by atoms with van der Waals surface area (Å²) in [6.07, 6.45) is 0.572. The molecular weight excluding hydrogens is 218 g/mol. The predicted molar refractivity (Wildman–Crippen MR) is 66.3 cm³/mol. The summed E-state index contributed by atoms with van der Waals surface area (Å²) in [5, 5.41) is 0. The summed E-state index contributed by atoms with van der Waals surface area (Å²) in [5.74, 6) is -0.101. The average molecular weight is 241 g/mol. The number of carbonyl (C=O) groups excluding carboxylic acids is 2. The molecule has 1 heterocycles. The number of carbonyl (C=O) groups is 2. The van der Waals surface area contributed by atoms with Crippen LogP contribution in [0.3, 0.4) is 0 Å². The predicted octanol–water partition coefficient (Wildman–Crippen LogP) is 0.0521. The minimum atomic E-state index is -0.306. The smallest absolute Gasteiger partial charge is 0.231 e. The van der Waals surface area contributed by atoms with E-state index in [9.17, 15) is 9.59 Å². The Bertz CT molecular complexity index is 289. The first-order valence-corrected chi connectivity index (χ1v) is 6.06. The van der Waals surface area contributed by atoms with E-state index < -0.39 is 0 Å². The molecule has 1 saturated heterocycles. The molecule has 0 aliphatic carbocycles. The fourth-order valence-electron chi connectivity index (χ4n) is 1.94. The van der Waals surface area contributed by atoms with Crippen LogP contribution in [0.15, 0.2) is 0 Å². The molecule has 0 bridgehead atoms. The molecule has 2 amide bonds. The molecular formula is C12H23N3O2. The molecule has 0 spiro atoms. The second kappa shape index (κ2) is 5.49. The Morgan fingerprint density at radius 1 is 1.12 bits per heavy atom. The van der Waals surface area contributed by atoms with Crippen LogP contribution in [0.2, 0.25) is 0 Å². The zero-order valence-electron chi connectivity index (χ0n) is 11.0. The van der Waals surface area contributed by atoms with Crippen molar-refractivity contribution in [2.45, 2.75) is 27.2 Å². The molecule has 0 saturated carbocycles. The molecule has 0 unspecified atom stereocenters. The lowest BCUT2D eigenvalue weighted by Crippen LogP contribution is -2.51. The standard InChI is InChI=1S/C12H23N3O2/c1-12(2,3)8-11(17)15-6-4-14(5-7-15)9-10(13)16/h4-9H2,1-3H3,(H2,13,16). The van der Waals surface area contributed by atoms with Crippen LogP contribution in [0.25, 0.3) is 0 Å². The Kier molecular flexibility index (Phi) is 4.51. The van der Waals surface area contributed by atoms with Crippen LogP contribution in [-0.4, -0.2) is 54.3 Å². The first kappa shape index (κ1) is 14.0. The van der Waals surface area contributed by atoms with Gasteiger partial charge in [-0.25, -0.2) is 0 Å². The lowest BCUT2D eigenvalue weighted by Gasteiger charge is -2.35. The van der Waals surface area contributed by atoms with Crippen LogP contribution in [-0.2, 0) is 9.59 Å². The van der Waals surface area contributed by atoms with E-state index in [0.717, 1.165) is 13.1 Å². The van der Waals surface area contributed by atoms with Crippen LogP contribution in [0.4, 0.5) is 0 Å². The second-order valence-electron chi connectivity index (χ2n) is 5.86. The van der Waals surface area contributed by atoms with Gasteiger partial charge in [-0.1, -0.05) is 20.8 Å². The number of primary amides is 1. The molecule has 0 aromatic rings. The highest BCUT2D eigenvalue weighted by Crippen LogP contribution is 2.20. The lowest BCUT2D eigenvalue weighted by molar-refractivity contribution is -0.135. The zero-order valence-corrected chi connectivity index (χ0v) is 11.0. The molecule has 5 nitrogen and oxygen atoms in total. The van der Waals surface area contributed by atoms with Gasteiger partial charge in [-0.05, 0) is 5.41 Å². The Hall–Kier alpha value is -1.10. The fraction of sp³-hybridized carbons (Fsp3) is 0.833. The van der Waals surface area contributed by atoms with Crippen LogP contribution in [0.1, 0.15) is 27.2 Å². The number of hydrogen-bond acceptors (Lipinski definition) is 3. The van der Waals surface area contributed by atoms with Crippen molar-refractivity contribution in [3.05, 3.63) is 0 Å². The van der Waals surface area contributed by atoms with Gasteiger partial charge in [0.25, 0.3) is 0 Å². The Morgan fingerprint density at radius 2 is 1.65 bits per heavy atom. The molecule has 5 heteroatoms. The van der Waals surface area contributed by atoms with E-state index in [-0.39, 0.29) is 17.2 Å². The third kappa shape index (κ3) is 5.17. The van der Waals surface area contributed by atoms with Gasteiger partial charge >= 0.3 is 0 Å². The van der Waals surface area contributed by atoms with Gasteiger partial charge in [0.2, 0.25) is 11.8 Å². The maximum atomic E-state index is 12.0. The van der Waals surface area contributed by atoms with Gasteiger partial charge in [0.15, 0.2) is 0 Å². The molecule has 0 radical (unpaired) electrons. The number of piperazine rings is 1. The van der Waals surface area contributed by atoms with Crippen molar-refractivity contribution < 1.29 is 9.59 Å². The van der Waals surface area contributed by atoms with Gasteiger partial charge in [-0.3, -0.25) is 14.5 Å². The normalized spacial score (nSPS) is 18.2. The SMILES string of the molecule is CC(C)(C)CC(=O)N1CCN(CC(N)=O)CC1. The topological polar surface area (TPSA) is 66.6 Å². The van der Waals surface area contributed by atoms with E-state index >= 15 is 0 Å². The molecule has 0 atom stereocenters. The summed E-state index contributed by atoms with van der Waals surface area (Å²) < 4.78 is 0. The average Bonchev–Trinajstić information content (AvgIpc) is 2.15. The maximum absolute atomic E-state index is 12.0. The molecule has 98 valence electrons. The molecule has 1 aliphatic rings. The van der Waals surface area contributed by atoms with E-state index in [1.807, 2.05) is 9.80 Å². The summed E-state index contributed by atoms with van der Waals surface area (Å²) in [6.45, 7) is 9.35. The van der Waals surface area contributed by atoms with Crippen LogP contribution < -0.4 is 5.73 Å². The van der Waals surface area contributed by atoms with Crippen molar-refractivity contribution in [1.82, 2.24) is 9.80 Å². The molecule has 1 aliphatic heterocycles. The summed E-state index contributed by atoms with van der Waals surface area (Å²) in [4.78, 5) is 26.6. The second-order valence-corrected chi connectivity index (χ2v) is 5.86. The third-order valence-electron chi connectivity index (χ3n) is 2.79. The van der Waals surface area contributed by atoms with Crippen LogP contribution in [0, 0.1) is 5.41 Å².